The molecule has 0 heterocycles. The molecule has 1 rings (SSSR count). The fourth-order valence-corrected chi connectivity index (χ4v) is 2.02. The highest BCUT2D eigenvalue weighted by molar-refractivity contribution is 5.30. The number of hydrogen-bond donors (Lipinski definition) is 1. The highest BCUT2D eigenvalue weighted by atomic mass is 19.4. The molecule has 0 saturated carbocycles. The van der Waals surface area contributed by atoms with E-state index in [9.17, 15) is 13.2 Å². The van der Waals surface area contributed by atoms with Gasteiger partial charge in [0, 0.05) is 6.04 Å². The Balaban J connectivity index is 2.78. The molecule has 1 aromatic carbocycles. The highest BCUT2D eigenvalue weighted by Crippen LogP contribution is 2.32. The Morgan fingerprint density at radius 2 is 1.83 bits per heavy atom. The highest BCUT2D eigenvalue weighted by Gasteiger charge is 2.33. The first-order valence-electron chi connectivity index (χ1n) is 6.25. The molecule has 1 aromatic rings. The summed E-state index contributed by atoms with van der Waals surface area (Å²) in [6, 6.07) is 5.45. The van der Waals surface area contributed by atoms with E-state index in [1.54, 1.807) is 6.07 Å². The topological polar surface area (TPSA) is 26.0 Å². The van der Waals surface area contributed by atoms with Crippen LogP contribution in [0.15, 0.2) is 24.3 Å². The quantitative estimate of drug-likeness (QED) is 0.849. The summed E-state index contributed by atoms with van der Waals surface area (Å²) in [6.45, 7) is 4.12. The lowest BCUT2D eigenvalue weighted by Crippen LogP contribution is -2.26. The van der Waals surface area contributed by atoms with E-state index in [2.05, 4.69) is 13.8 Å². The number of rotatable bonds is 5. The van der Waals surface area contributed by atoms with E-state index in [4.69, 9.17) is 5.73 Å². The zero-order valence-electron chi connectivity index (χ0n) is 10.8. The molecule has 0 saturated heterocycles. The molecular formula is C14H20F3N. The van der Waals surface area contributed by atoms with Crippen molar-refractivity contribution in [3.8, 4) is 0 Å². The largest absolute Gasteiger partial charge is 0.416 e. The van der Waals surface area contributed by atoms with Gasteiger partial charge in [0.1, 0.15) is 0 Å². The van der Waals surface area contributed by atoms with Crippen molar-refractivity contribution in [3.05, 3.63) is 35.4 Å². The summed E-state index contributed by atoms with van der Waals surface area (Å²) in [6.07, 6.45) is -2.27. The SMILES string of the molecule is CCC(C)CC(N)Cc1ccccc1C(F)(F)F. The lowest BCUT2D eigenvalue weighted by atomic mass is 9.93. The summed E-state index contributed by atoms with van der Waals surface area (Å²) in [5, 5.41) is 0. The maximum absolute atomic E-state index is 12.8. The van der Waals surface area contributed by atoms with Crippen LogP contribution < -0.4 is 5.73 Å². The van der Waals surface area contributed by atoms with Crippen molar-refractivity contribution in [2.24, 2.45) is 11.7 Å². The maximum Gasteiger partial charge on any atom is 0.416 e. The average molecular weight is 259 g/mol. The third kappa shape index (κ3) is 4.33. The molecule has 0 spiro atoms. The molecule has 2 atom stereocenters. The van der Waals surface area contributed by atoms with Crippen LogP contribution in [0.25, 0.3) is 0 Å². The molecule has 1 nitrogen and oxygen atoms in total. The van der Waals surface area contributed by atoms with Gasteiger partial charge >= 0.3 is 6.18 Å². The lowest BCUT2D eigenvalue weighted by Gasteiger charge is -2.18. The molecule has 0 aliphatic heterocycles. The van der Waals surface area contributed by atoms with Crippen molar-refractivity contribution in [2.45, 2.75) is 45.3 Å². The molecule has 2 unspecified atom stereocenters. The molecule has 0 aliphatic rings. The molecule has 0 aliphatic carbocycles. The van der Waals surface area contributed by atoms with Crippen molar-refractivity contribution in [3.63, 3.8) is 0 Å². The number of hydrogen-bond acceptors (Lipinski definition) is 1. The van der Waals surface area contributed by atoms with E-state index in [0.29, 0.717) is 11.5 Å². The van der Waals surface area contributed by atoms with Crippen molar-refractivity contribution in [1.82, 2.24) is 0 Å². The smallest absolute Gasteiger partial charge is 0.327 e. The molecular weight excluding hydrogens is 239 g/mol. The van der Waals surface area contributed by atoms with Crippen LogP contribution in [0.4, 0.5) is 13.2 Å². The normalized spacial score (nSPS) is 15.4. The minimum absolute atomic E-state index is 0.219. The van der Waals surface area contributed by atoms with Crippen LogP contribution in [-0.2, 0) is 12.6 Å². The maximum atomic E-state index is 12.8. The average Bonchev–Trinajstić information content (AvgIpc) is 2.27. The van der Waals surface area contributed by atoms with Crippen LogP contribution in [0.1, 0.15) is 37.8 Å². The van der Waals surface area contributed by atoms with E-state index in [-0.39, 0.29) is 12.5 Å². The Hall–Kier alpha value is -1.03. The van der Waals surface area contributed by atoms with Crippen molar-refractivity contribution in [1.29, 1.82) is 0 Å². The molecule has 0 radical (unpaired) electrons. The second-order valence-corrected chi connectivity index (χ2v) is 4.87. The van der Waals surface area contributed by atoms with E-state index in [1.165, 1.54) is 12.1 Å². The Morgan fingerprint density at radius 1 is 1.22 bits per heavy atom. The Morgan fingerprint density at radius 3 is 2.39 bits per heavy atom. The summed E-state index contributed by atoms with van der Waals surface area (Å²) in [5.41, 5.74) is 5.65. The third-order valence-corrected chi connectivity index (χ3v) is 3.21. The van der Waals surface area contributed by atoms with Gasteiger partial charge in [-0.15, -0.1) is 0 Å². The monoisotopic (exact) mass is 259 g/mol. The lowest BCUT2D eigenvalue weighted by molar-refractivity contribution is -0.138. The Labute approximate surface area is 106 Å². The van der Waals surface area contributed by atoms with Crippen LogP contribution in [0, 0.1) is 5.92 Å². The fraction of sp³-hybridized carbons (Fsp3) is 0.571. The van der Waals surface area contributed by atoms with Gasteiger partial charge in [0.2, 0.25) is 0 Å². The van der Waals surface area contributed by atoms with Crippen LogP contribution in [0.3, 0.4) is 0 Å². The Kier molecular flexibility index (Phi) is 5.20. The minimum Gasteiger partial charge on any atom is -0.327 e. The number of halogens is 3. The number of alkyl halides is 3. The predicted molar refractivity (Wildman–Crippen MR) is 67.2 cm³/mol. The third-order valence-electron chi connectivity index (χ3n) is 3.21. The van der Waals surface area contributed by atoms with Gasteiger partial charge < -0.3 is 5.73 Å². The molecule has 102 valence electrons. The molecule has 0 bridgehead atoms. The van der Waals surface area contributed by atoms with Gasteiger partial charge in [0.05, 0.1) is 5.56 Å². The van der Waals surface area contributed by atoms with Gasteiger partial charge in [0.25, 0.3) is 0 Å². The second kappa shape index (κ2) is 6.23. The Bertz CT molecular complexity index is 374. The van der Waals surface area contributed by atoms with E-state index >= 15 is 0 Å². The number of benzene rings is 1. The van der Waals surface area contributed by atoms with E-state index < -0.39 is 11.7 Å². The van der Waals surface area contributed by atoms with Crippen molar-refractivity contribution < 1.29 is 13.2 Å². The van der Waals surface area contributed by atoms with Gasteiger partial charge in [-0.2, -0.15) is 13.2 Å². The van der Waals surface area contributed by atoms with Gasteiger partial charge in [-0.3, -0.25) is 0 Å². The van der Waals surface area contributed by atoms with Crippen LogP contribution >= 0.6 is 0 Å². The van der Waals surface area contributed by atoms with Crippen molar-refractivity contribution >= 4 is 0 Å². The van der Waals surface area contributed by atoms with E-state index in [0.717, 1.165) is 18.9 Å². The second-order valence-electron chi connectivity index (χ2n) is 4.87. The summed E-state index contributed by atoms with van der Waals surface area (Å²) < 4.78 is 38.4. The van der Waals surface area contributed by atoms with Crippen molar-refractivity contribution in [2.75, 3.05) is 0 Å². The molecule has 0 fully saturated rings. The minimum atomic E-state index is -4.30. The fourth-order valence-electron chi connectivity index (χ4n) is 2.02. The summed E-state index contributed by atoms with van der Waals surface area (Å²) in [5.74, 6) is 0.443. The summed E-state index contributed by atoms with van der Waals surface area (Å²) in [4.78, 5) is 0. The molecule has 0 aromatic heterocycles. The van der Waals surface area contributed by atoms with Gasteiger partial charge in [-0.1, -0.05) is 38.5 Å². The van der Waals surface area contributed by atoms with Crippen LogP contribution in [0.2, 0.25) is 0 Å². The first-order valence-corrected chi connectivity index (χ1v) is 6.25. The van der Waals surface area contributed by atoms with Gasteiger partial charge in [-0.05, 0) is 30.4 Å². The molecule has 2 N–H and O–H groups in total. The zero-order valence-corrected chi connectivity index (χ0v) is 10.8. The van der Waals surface area contributed by atoms with Crippen LogP contribution in [0.5, 0.6) is 0 Å². The summed E-state index contributed by atoms with van der Waals surface area (Å²) in [7, 11) is 0. The van der Waals surface area contributed by atoms with Gasteiger partial charge in [0.15, 0.2) is 0 Å². The molecule has 18 heavy (non-hydrogen) atoms. The first kappa shape index (κ1) is 15.0. The predicted octanol–water partition coefficient (Wildman–Crippen LogP) is 4.01. The molecule has 4 heteroatoms. The van der Waals surface area contributed by atoms with E-state index in [1.807, 2.05) is 0 Å². The van der Waals surface area contributed by atoms with Gasteiger partial charge in [-0.25, -0.2) is 0 Å². The van der Waals surface area contributed by atoms with Crippen LogP contribution in [-0.4, -0.2) is 6.04 Å². The molecule has 0 amide bonds. The first-order chi connectivity index (χ1) is 8.34. The number of nitrogens with two attached hydrogens (primary N) is 1. The summed E-state index contributed by atoms with van der Waals surface area (Å²) >= 11 is 0. The standard InChI is InChI=1S/C14H20F3N/c1-3-10(2)8-12(18)9-11-6-4-5-7-13(11)14(15,16)17/h4-7,10,12H,3,8-9,18H2,1-2H3. The zero-order chi connectivity index (χ0) is 13.8.